The standard InChI is InChI=1S/C24H23N5O4S/c1-2-32-18-7-5-17(6-8-18)20-14-24(31)29(16-26-20)15-22(30)25-11-12-33-23-10-9-19(27-28-23)21-4-3-13-34-21/h3-10,13-14,16H,2,11-12,15H2,1H3,(H,25,30). The van der Waals surface area contributed by atoms with Gasteiger partial charge in [0.1, 0.15) is 24.6 Å². The monoisotopic (exact) mass is 477 g/mol. The molecule has 0 spiro atoms. The van der Waals surface area contributed by atoms with Gasteiger partial charge < -0.3 is 14.8 Å². The van der Waals surface area contributed by atoms with Crippen molar-refractivity contribution < 1.29 is 14.3 Å². The lowest BCUT2D eigenvalue weighted by Crippen LogP contribution is -2.34. The lowest BCUT2D eigenvalue weighted by Gasteiger charge is -2.09. The van der Waals surface area contributed by atoms with Crippen LogP contribution in [0.2, 0.25) is 0 Å². The molecule has 0 aliphatic heterocycles. The van der Waals surface area contributed by atoms with Crippen molar-refractivity contribution in [3.05, 3.63) is 76.7 Å². The number of nitrogens with one attached hydrogen (secondary N) is 1. The number of carbonyl (C=O) groups excluding carboxylic acids is 1. The third-order valence-corrected chi connectivity index (χ3v) is 5.63. The second-order valence-corrected chi connectivity index (χ2v) is 8.08. The maximum Gasteiger partial charge on any atom is 0.254 e. The quantitative estimate of drug-likeness (QED) is 0.350. The van der Waals surface area contributed by atoms with E-state index in [4.69, 9.17) is 9.47 Å². The summed E-state index contributed by atoms with van der Waals surface area (Å²) in [5, 5.41) is 12.9. The predicted octanol–water partition coefficient (Wildman–Crippen LogP) is 3.02. The Balaban J connectivity index is 1.24. The Hall–Kier alpha value is -4.05. The number of nitrogens with zero attached hydrogens (tertiary/aromatic N) is 4. The predicted molar refractivity (Wildman–Crippen MR) is 129 cm³/mol. The molecule has 0 saturated carbocycles. The zero-order chi connectivity index (χ0) is 23.8. The van der Waals surface area contributed by atoms with Gasteiger partial charge >= 0.3 is 0 Å². The van der Waals surface area contributed by atoms with Crippen molar-refractivity contribution >= 4 is 17.2 Å². The first-order valence-electron chi connectivity index (χ1n) is 10.7. The molecule has 4 rings (SSSR count). The molecule has 1 N–H and O–H groups in total. The zero-order valence-electron chi connectivity index (χ0n) is 18.5. The van der Waals surface area contributed by atoms with Gasteiger partial charge in [0, 0.05) is 17.7 Å². The van der Waals surface area contributed by atoms with Crippen LogP contribution in [0, 0.1) is 0 Å². The summed E-state index contributed by atoms with van der Waals surface area (Å²) in [5.41, 5.74) is 1.79. The van der Waals surface area contributed by atoms with E-state index >= 15 is 0 Å². The molecule has 3 heterocycles. The highest BCUT2D eigenvalue weighted by molar-refractivity contribution is 7.13. The van der Waals surface area contributed by atoms with E-state index in [0.717, 1.165) is 21.9 Å². The minimum atomic E-state index is -0.319. The number of carbonyl (C=O) groups is 1. The molecule has 0 aliphatic carbocycles. The van der Waals surface area contributed by atoms with Gasteiger partial charge in [-0.3, -0.25) is 14.2 Å². The molecule has 0 aliphatic rings. The summed E-state index contributed by atoms with van der Waals surface area (Å²) in [5.74, 6) is 0.808. The SMILES string of the molecule is CCOc1ccc(-c2cc(=O)n(CC(=O)NCCOc3ccc(-c4cccs4)nn3)cn2)cc1. The van der Waals surface area contributed by atoms with Gasteiger partial charge in [0.15, 0.2) is 0 Å². The van der Waals surface area contributed by atoms with Crippen LogP contribution in [0.4, 0.5) is 0 Å². The molecular formula is C24H23N5O4S. The molecule has 0 saturated heterocycles. The van der Waals surface area contributed by atoms with Crippen molar-refractivity contribution in [1.82, 2.24) is 25.1 Å². The first-order chi connectivity index (χ1) is 16.6. The Morgan fingerprint density at radius 2 is 1.91 bits per heavy atom. The molecule has 0 bridgehead atoms. The molecule has 10 heteroatoms. The van der Waals surface area contributed by atoms with Crippen LogP contribution in [0.25, 0.3) is 21.8 Å². The number of thiophene rings is 1. The van der Waals surface area contributed by atoms with Crippen LogP contribution in [0.15, 0.2) is 71.1 Å². The molecule has 1 amide bonds. The summed E-state index contributed by atoms with van der Waals surface area (Å²) in [7, 11) is 0. The van der Waals surface area contributed by atoms with Gasteiger partial charge in [0.05, 0.1) is 30.1 Å². The van der Waals surface area contributed by atoms with E-state index in [2.05, 4.69) is 20.5 Å². The second-order valence-electron chi connectivity index (χ2n) is 7.13. The number of aromatic nitrogens is 4. The molecule has 174 valence electrons. The van der Waals surface area contributed by atoms with Crippen molar-refractivity contribution in [3.63, 3.8) is 0 Å². The lowest BCUT2D eigenvalue weighted by molar-refractivity contribution is -0.121. The zero-order valence-corrected chi connectivity index (χ0v) is 19.3. The van der Waals surface area contributed by atoms with Crippen LogP contribution >= 0.6 is 11.3 Å². The molecule has 0 atom stereocenters. The highest BCUT2D eigenvalue weighted by Crippen LogP contribution is 2.22. The van der Waals surface area contributed by atoms with Crippen LogP contribution in [-0.4, -0.2) is 45.4 Å². The summed E-state index contributed by atoms with van der Waals surface area (Å²) < 4.78 is 12.2. The van der Waals surface area contributed by atoms with Crippen molar-refractivity contribution in [2.75, 3.05) is 19.8 Å². The van der Waals surface area contributed by atoms with Crippen molar-refractivity contribution in [1.29, 1.82) is 0 Å². The maximum atomic E-state index is 12.4. The summed E-state index contributed by atoms with van der Waals surface area (Å²) >= 11 is 1.59. The number of benzene rings is 1. The number of hydrogen-bond acceptors (Lipinski definition) is 8. The Morgan fingerprint density at radius 3 is 2.59 bits per heavy atom. The average molecular weight is 478 g/mol. The normalized spacial score (nSPS) is 10.6. The average Bonchev–Trinajstić information content (AvgIpc) is 3.39. The molecule has 4 aromatic rings. The molecule has 9 nitrogen and oxygen atoms in total. The summed E-state index contributed by atoms with van der Waals surface area (Å²) in [4.78, 5) is 30.0. The van der Waals surface area contributed by atoms with Gasteiger partial charge in [-0.2, -0.15) is 0 Å². The smallest absolute Gasteiger partial charge is 0.254 e. The van der Waals surface area contributed by atoms with Crippen LogP contribution < -0.4 is 20.3 Å². The van der Waals surface area contributed by atoms with Crippen molar-refractivity contribution in [2.45, 2.75) is 13.5 Å². The van der Waals surface area contributed by atoms with E-state index in [1.165, 1.54) is 17.0 Å². The Morgan fingerprint density at radius 1 is 1.06 bits per heavy atom. The van der Waals surface area contributed by atoms with E-state index in [1.54, 1.807) is 17.4 Å². The second kappa shape index (κ2) is 11.2. The highest BCUT2D eigenvalue weighted by Gasteiger charge is 2.08. The molecule has 34 heavy (non-hydrogen) atoms. The van der Waals surface area contributed by atoms with Crippen molar-refractivity contribution in [3.8, 4) is 33.5 Å². The maximum absolute atomic E-state index is 12.4. The Bertz CT molecular complexity index is 1270. The number of amides is 1. The summed E-state index contributed by atoms with van der Waals surface area (Å²) in [6, 6.07) is 16.2. The minimum Gasteiger partial charge on any atom is -0.494 e. The van der Waals surface area contributed by atoms with Crippen LogP contribution in [0.3, 0.4) is 0 Å². The van der Waals surface area contributed by atoms with Gasteiger partial charge in [0.25, 0.3) is 5.56 Å². The molecular weight excluding hydrogens is 454 g/mol. The summed E-state index contributed by atoms with van der Waals surface area (Å²) in [6.07, 6.45) is 1.37. The Kier molecular flexibility index (Phi) is 7.61. The first-order valence-corrected chi connectivity index (χ1v) is 11.6. The van der Waals surface area contributed by atoms with E-state index in [1.807, 2.05) is 54.8 Å². The fourth-order valence-electron chi connectivity index (χ4n) is 3.10. The molecule has 0 fully saturated rings. The van der Waals surface area contributed by atoms with Gasteiger partial charge in [-0.25, -0.2) is 4.98 Å². The number of rotatable bonds is 10. The third-order valence-electron chi connectivity index (χ3n) is 4.74. The highest BCUT2D eigenvalue weighted by atomic mass is 32.1. The number of ether oxygens (including phenoxy) is 2. The molecule has 0 radical (unpaired) electrons. The lowest BCUT2D eigenvalue weighted by atomic mass is 10.1. The molecule has 3 aromatic heterocycles. The van der Waals surface area contributed by atoms with Gasteiger partial charge in [0.2, 0.25) is 11.8 Å². The topological polar surface area (TPSA) is 108 Å². The van der Waals surface area contributed by atoms with E-state index in [-0.39, 0.29) is 31.2 Å². The van der Waals surface area contributed by atoms with Crippen molar-refractivity contribution in [2.24, 2.45) is 0 Å². The summed E-state index contributed by atoms with van der Waals surface area (Å²) in [6.45, 7) is 2.85. The molecule has 0 unspecified atom stereocenters. The van der Waals surface area contributed by atoms with Gasteiger partial charge in [-0.1, -0.05) is 6.07 Å². The minimum absolute atomic E-state index is 0.134. The van der Waals surface area contributed by atoms with Gasteiger partial charge in [-0.05, 0) is 48.7 Å². The Labute approximate surface area is 200 Å². The fourth-order valence-corrected chi connectivity index (χ4v) is 3.79. The number of hydrogen-bond donors (Lipinski definition) is 1. The molecule has 1 aromatic carbocycles. The van der Waals surface area contributed by atoms with Crippen LogP contribution in [0.1, 0.15) is 6.92 Å². The first kappa shape index (κ1) is 23.1. The van der Waals surface area contributed by atoms with Gasteiger partial charge in [-0.15, -0.1) is 21.5 Å². The van der Waals surface area contributed by atoms with E-state index in [9.17, 15) is 9.59 Å². The van der Waals surface area contributed by atoms with E-state index in [0.29, 0.717) is 18.2 Å². The third kappa shape index (κ3) is 6.04. The van der Waals surface area contributed by atoms with E-state index < -0.39 is 0 Å². The largest absolute Gasteiger partial charge is 0.494 e. The van der Waals surface area contributed by atoms with Crippen LogP contribution in [0.5, 0.6) is 11.6 Å². The van der Waals surface area contributed by atoms with Crippen LogP contribution in [-0.2, 0) is 11.3 Å². The fraction of sp³-hybridized carbons (Fsp3) is 0.208.